The van der Waals surface area contributed by atoms with Crippen LogP contribution < -0.4 is 0 Å². The van der Waals surface area contributed by atoms with Crippen LogP contribution >= 0.6 is 11.8 Å². The number of hydrogen-bond donors (Lipinski definition) is 3. The van der Waals surface area contributed by atoms with Gasteiger partial charge in [-0.15, -0.1) is 16.9 Å². The summed E-state index contributed by atoms with van der Waals surface area (Å²) in [5.74, 6) is -7.38. The van der Waals surface area contributed by atoms with E-state index in [1.807, 2.05) is 0 Å². The lowest BCUT2D eigenvalue weighted by molar-refractivity contribution is -0.192. The molecule has 3 aromatic rings. The number of pyridine rings is 1. The van der Waals surface area contributed by atoms with E-state index in [-0.39, 0.29) is 30.7 Å². The number of aromatic nitrogens is 4. The average molecular weight is 645 g/mol. The Labute approximate surface area is 254 Å². The third kappa shape index (κ3) is 6.49. The van der Waals surface area contributed by atoms with Gasteiger partial charge < -0.3 is 24.8 Å². The number of thioether (sulfide) groups is 1. The molecule has 6 atom stereocenters. The Morgan fingerprint density at radius 3 is 2.45 bits per heavy atom. The second-order valence-corrected chi connectivity index (χ2v) is 12.4. The minimum atomic E-state index is -2.91. The first-order valence-electron chi connectivity index (χ1n) is 14.2. The number of aryl methyl sites for hydroxylation is 1. The first-order valence-corrected chi connectivity index (χ1v) is 15.1. The largest absolute Gasteiger partial charge is 0.394 e. The quantitative estimate of drug-likeness (QED) is 0.228. The molecule has 1 unspecified atom stereocenters. The van der Waals surface area contributed by atoms with Crippen molar-refractivity contribution >= 4 is 11.8 Å². The van der Waals surface area contributed by atoms with Crippen molar-refractivity contribution in [3.05, 3.63) is 65.4 Å². The summed E-state index contributed by atoms with van der Waals surface area (Å²) >= 11 is 1.09. The summed E-state index contributed by atoms with van der Waals surface area (Å²) in [6.07, 6.45) is -2.17. The molecule has 5 rings (SSSR count). The van der Waals surface area contributed by atoms with Gasteiger partial charge in [-0.2, -0.15) is 0 Å². The highest BCUT2D eigenvalue weighted by Gasteiger charge is 2.53. The number of aliphatic hydroxyl groups is 3. The second kappa shape index (κ2) is 13.0. The number of halogens is 5. The fourth-order valence-corrected chi connectivity index (χ4v) is 7.50. The highest BCUT2D eigenvalue weighted by atomic mass is 32.2. The normalized spacial score (nSPS) is 27.3. The molecule has 240 valence electrons. The topological polar surface area (TPSA) is 123 Å². The van der Waals surface area contributed by atoms with Crippen LogP contribution in [0.1, 0.15) is 55.2 Å². The van der Waals surface area contributed by atoms with E-state index in [1.54, 1.807) is 32.2 Å². The lowest BCUT2D eigenvalue weighted by atomic mass is 9.79. The van der Waals surface area contributed by atoms with Gasteiger partial charge in [-0.3, -0.25) is 4.98 Å². The molecule has 1 aliphatic carbocycles. The zero-order valence-electron chi connectivity index (χ0n) is 23.9. The smallest absolute Gasteiger partial charge is 0.248 e. The Hall–Kier alpha value is -2.69. The molecule has 0 spiro atoms. The summed E-state index contributed by atoms with van der Waals surface area (Å²) in [5, 5.41) is 40.4. The minimum Gasteiger partial charge on any atom is -0.394 e. The summed E-state index contributed by atoms with van der Waals surface area (Å²) < 4.78 is 83.1. The van der Waals surface area contributed by atoms with E-state index < -0.39 is 83.5 Å². The Morgan fingerprint density at radius 2 is 1.84 bits per heavy atom. The summed E-state index contributed by atoms with van der Waals surface area (Å²) in [6.45, 7) is 3.02. The number of aliphatic hydroxyl groups excluding tert-OH is 2. The Balaban J connectivity index is 1.52. The SMILES string of the molecule is CCO[C@@H]1[C@@H](n2cc(-c3cc(F)c(F)c(F)c3)nn2)[C@@H](O)[C@@H](CO)O[C@H]1SC(c1ncccc1C)C1(O)CCC(F)(F)CC1. The van der Waals surface area contributed by atoms with Crippen molar-refractivity contribution in [2.45, 2.75) is 86.1 Å². The standard InChI is InChI=1S/C29H33F5N4O5S/c1-3-42-25-23(38-13-19(36-37-38)16-11-17(30)21(32)18(31)12-16)24(40)20(14-39)43-27(25)44-26(22-15(2)5-4-10-35-22)28(41)6-8-29(33,34)9-7-28/h4-5,10-13,20,23-27,39-41H,3,6-9,14H2,1-2H3/t20-,23+,24+,25-,26?,27+/m1/s1. The van der Waals surface area contributed by atoms with Crippen LogP contribution in [0.2, 0.25) is 0 Å². The van der Waals surface area contributed by atoms with E-state index in [4.69, 9.17) is 9.47 Å². The number of ether oxygens (including phenoxy) is 2. The van der Waals surface area contributed by atoms with Crippen LogP contribution in [0.5, 0.6) is 0 Å². The van der Waals surface area contributed by atoms with Crippen molar-refractivity contribution in [2.24, 2.45) is 0 Å². The zero-order chi connectivity index (χ0) is 31.8. The molecule has 0 radical (unpaired) electrons. The maximum absolute atomic E-state index is 14.2. The molecule has 1 aromatic carbocycles. The molecule has 15 heteroatoms. The van der Waals surface area contributed by atoms with E-state index in [9.17, 15) is 37.3 Å². The average Bonchev–Trinajstić information content (AvgIpc) is 3.47. The molecule has 1 saturated heterocycles. The molecule has 9 nitrogen and oxygen atoms in total. The number of hydrogen-bond acceptors (Lipinski definition) is 9. The molecule has 44 heavy (non-hydrogen) atoms. The van der Waals surface area contributed by atoms with Gasteiger partial charge in [0.2, 0.25) is 5.92 Å². The molecular weight excluding hydrogens is 611 g/mol. The molecule has 1 aliphatic heterocycles. The van der Waals surface area contributed by atoms with Gasteiger partial charge in [0.05, 0.1) is 29.3 Å². The van der Waals surface area contributed by atoms with Crippen LogP contribution in [0, 0.1) is 24.4 Å². The van der Waals surface area contributed by atoms with Crippen LogP contribution in [0.25, 0.3) is 11.3 Å². The maximum atomic E-state index is 14.2. The van der Waals surface area contributed by atoms with E-state index in [0.29, 0.717) is 5.69 Å². The van der Waals surface area contributed by atoms with E-state index in [2.05, 4.69) is 15.3 Å². The summed E-state index contributed by atoms with van der Waals surface area (Å²) in [4.78, 5) is 4.48. The second-order valence-electron chi connectivity index (χ2n) is 11.1. The fourth-order valence-electron chi connectivity index (χ4n) is 5.76. The Bertz CT molecular complexity index is 1430. The van der Waals surface area contributed by atoms with E-state index in [1.165, 1.54) is 10.9 Å². The molecule has 1 saturated carbocycles. The molecule has 3 N–H and O–H groups in total. The van der Waals surface area contributed by atoms with Gasteiger partial charge in [0.25, 0.3) is 0 Å². The lowest BCUT2D eigenvalue weighted by Crippen LogP contribution is -2.56. The highest BCUT2D eigenvalue weighted by Crippen LogP contribution is 2.53. The molecule has 0 amide bonds. The first kappa shape index (κ1) is 32.7. The van der Waals surface area contributed by atoms with Gasteiger partial charge in [0.15, 0.2) is 17.5 Å². The fraction of sp³-hybridized carbons (Fsp3) is 0.552. The monoisotopic (exact) mass is 644 g/mol. The van der Waals surface area contributed by atoms with Crippen molar-refractivity contribution in [3.63, 3.8) is 0 Å². The van der Waals surface area contributed by atoms with Crippen LogP contribution in [-0.2, 0) is 9.47 Å². The molecule has 0 bridgehead atoms. The van der Waals surface area contributed by atoms with Gasteiger partial charge in [-0.1, -0.05) is 11.3 Å². The zero-order valence-corrected chi connectivity index (χ0v) is 24.7. The predicted octanol–water partition coefficient (Wildman–Crippen LogP) is 4.51. The van der Waals surface area contributed by atoms with Gasteiger partial charge in [-0.25, -0.2) is 26.6 Å². The summed E-state index contributed by atoms with van der Waals surface area (Å²) in [7, 11) is 0. The van der Waals surface area contributed by atoms with Crippen LogP contribution in [0.3, 0.4) is 0 Å². The van der Waals surface area contributed by atoms with Crippen molar-refractivity contribution in [2.75, 3.05) is 13.2 Å². The summed E-state index contributed by atoms with van der Waals surface area (Å²) in [6, 6.07) is 3.97. The third-order valence-electron chi connectivity index (χ3n) is 8.18. The first-order chi connectivity index (χ1) is 20.9. The molecular formula is C29H33F5N4O5S. The molecule has 2 aliphatic rings. The maximum Gasteiger partial charge on any atom is 0.248 e. The summed E-state index contributed by atoms with van der Waals surface area (Å²) in [5.41, 5.74) is -1.53. The number of benzene rings is 1. The highest BCUT2D eigenvalue weighted by molar-refractivity contribution is 8.00. The predicted molar refractivity (Wildman–Crippen MR) is 149 cm³/mol. The van der Waals surface area contributed by atoms with Crippen molar-refractivity contribution in [1.29, 1.82) is 0 Å². The van der Waals surface area contributed by atoms with E-state index in [0.717, 1.165) is 29.5 Å². The Morgan fingerprint density at radius 1 is 1.16 bits per heavy atom. The van der Waals surface area contributed by atoms with Gasteiger partial charge in [-0.05, 0) is 50.5 Å². The number of nitrogens with zero attached hydrogens (tertiary/aromatic N) is 4. The van der Waals surface area contributed by atoms with Crippen LogP contribution in [0.15, 0.2) is 36.7 Å². The van der Waals surface area contributed by atoms with Gasteiger partial charge in [0.1, 0.15) is 35.5 Å². The van der Waals surface area contributed by atoms with Gasteiger partial charge >= 0.3 is 0 Å². The Kier molecular flexibility index (Phi) is 9.64. The van der Waals surface area contributed by atoms with Crippen molar-refractivity contribution in [1.82, 2.24) is 20.0 Å². The van der Waals surface area contributed by atoms with Crippen molar-refractivity contribution in [3.8, 4) is 11.3 Å². The molecule has 3 heterocycles. The lowest BCUT2D eigenvalue weighted by Gasteiger charge is -2.47. The third-order valence-corrected chi connectivity index (χ3v) is 9.76. The van der Waals surface area contributed by atoms with Crippen molar-refractivity contribution < 1.29 is 46.7 Å². The van der Waals surface area contributed by atoms with E-state index >= 15 is 0 Å². The minimum absolute atomic E-state index is 0.0269. The van der Waals surface area contributed by atoms with Crippen LogP contribution in [-0.4, -0.2) is 83.8 Å². The van der Waals surface area contributed by atoms with Crippen LogP contribution in [0.4, 0.5) is 22.0 Å². The molecule has 2 fully saturated rings. The molecule has 2 aromatic heterocycles. The number of alkyl halides is 2. The van der Waals surface area contributed by atoms with Gasteiger partial charge in [0, 0.05) is 31.2 Å². The number of rotatable bonds is 9.